The number of hydrogen-bond acceptors (Lipinski definition) is 4. The van der Waals surface area contributed by atoms with E-state index in [0.717, 1.165) is 23.6 Å². The SMILES string of the molecule is COc1ccccc1CN(C)Cc1ccc(CO)o1. The summed E-state index contributed by atoms with van der Waals surface area (Å²) in [6.07, 6.45) is 0. The number of aliphatic hydroxyl groups excluding tert-OH is 1. The van der Waals surface area contributed by atoms with Gasteiger partial charge in [-0.15, -0.1) is 0 Å². The van der Waals surface area contributed by atoms with E-state index >= 15 is 0 Å². The van der Waals surface area contributed by atoms with Crippen molar-refractivity contribution in [3.05, 3.63) is 53.5 Å². The molecule has 0 atom stereocenters. The highest BCUT2D eigenvalue weighted by Crippen LogP contribution is 2.19. The second kappa shape index (κ2) is 6.41. The first kappa shape index (κ1) is 13.6. The maximum atomic E-state index is 8.96. The fourth-order valence-corrected chi connectivity index (χ4v) is 2.04. The molecule has 0 aliphatic rings. The lowest BCUT2D eigenvalue weighted by Crippen LogP contribution is -2.17. The summed E-state index contributed by atoms with van der Waals surface area (Å²) in [6.45, 7) is 1.41. The van der Waals surface area contributed by atoms with Crippen LogP contribution in [-0.2, 0) is 19.7 Å². The van der Waals surface area contributed by atoms with Crippen molar-refractivity contribution in [1.82, 2.24) is 4.90 Å². The molecule has 0 aliphatic heterocycles. The number of rotatable bonds is 6. The first-order valence-corrected chi connectivity index (χ1v) is 6.22. The number of hydrogen-bond donors (Lipinski definition) is 1. The van der Waals surface area contributed by atoms with Crippen molar-refractivity contribution >= 4 is 0 Å². The van der Waals surface area contributed by atoms with Crippen molar-refractivity contribution in [3.8, 4) is 5.75 Å². The van der Waals surface area contributed by atoms with Gasteiger partial charge in [0, 0.05) is 12.1 Å². The average Bonchev–Trinajstić information content (AvgIpc) is 2.87. The fourth-order valence-electron chi connectivity index (χ4n) is 2.04. The van der Waals surface area contributed by atoms with E-state index in [4.69, 9.17) is 14.3 Å². The molecule has 102 valence electrons. The van der Waals surface area contributed by atoms with Crippen LogP contribution in [0.25, 0.3) is 0 Å². The molecule has 2 aromatic rings. The van der Waals surface area contributed by atoms with Crippen LogP contribution in [0, 0.1) is 0 Å². The Balaban J connectivity index is 1.98. The lowest BCUT2D eigenvalue weighted by atomic mass is 10.2. The highest BCUT2D eigenvalue weighted by molar-refractivity contribution is 5.33. The van der Waals surface area contributed by atoms with Crippen LogP contribution < -0.4 is 4.74 Å². The number of aliphatic hydroxyl groups is 1. The van der Waals surface area contributed by atoms with Gasteiger partial charge in [-0.3, -0.25) is 4.90 Å². The lowest BCUT2D eigenvalue weighted by Gasteiger charge is -2.17. The Bertz CT molecular complexity index is 522. The average molecular weight is 261 g/mol. The molecule has 0 radical (unpaired) electrons. The standard InChI is InChI=1S/C15H19NO3/c1-16(10-13-7-8-14(11-17)19-13)9-12-5-3-4-6-15(12)18-2/h3-8,17H,9-11H2,1-2H3. The van der Waals surface area contributed by atoms with Gasteiger partial charge in [0.25, 0.3) is 0 Å². The minimum Gasteiger partial charge on any atom is -0.496 e. The molecule has 0 saturated heterocycles. The summed E-state index contributed by atoms with van der Waals surface area (Å²) in [5.74, 6) is 2.34. The Morgan fingerprint density at radius 1 is 1.11 bits per heavy atom. The van der Waals surface area contributed by atoms with Gasteiger partial charge in [-0.1, -0.05) is 18.2 Å². The van der Waals surface area contributed by atoms with Crippen molar-refractivity contribution in [1.29, 1.82) is 0 Å². The minimum absolute atomic E-state index is 0.0593. The second-order valence-electron chi connectivity index (χ2n) is 4.51. The molecule has 19 heavy (non-hydrogen) atoms. The first-order chi connectivity index (χ1) is 9.22. The third-order valence-corrected chi connectivity index (χ3v) is 2.93. The Morgan fingerprint density at radius 3 is 2.53 bits per heavy atom. The van der Waals surface area contributed by atoms with E-state index in [9.17, 15) is 0 Å². The molecule has 4 heteroatoms. The van der Waals surface area contributed by atoms with Crippen LogP contribution in [0.15, 0.2) is 40.8 Å². The van der Waals surface area contributed by atoms with Crippen LogP contribution in [-0.4, -0.2) is 24.2 Å². The van der Waals surface area contributed by atoms with Crippen molar-refractivity contribution in [2.75, 3.05) is 14.2 Å². The molecule has 0 fully saturated rings. The van der Waals surface area contributed by atoms with Crippen LogP contribution in [0.5, 0.6) is 5.75 Å². The molecule has 0 spiro atoms. The molecule has 4 nitrogen and oxygen atoms in total. The number of ether oxygens (including phenoxy) is 1. The molecule has 1 aromatic heterocycles. The maximum Gasteiger partial charge on any atom is 0.129 e. The van der Waals surface area contributed by atoms with Crippen LogP contribution in [0.3, 0.4) is 0 Å². The molecule has 1 heterocycles. The third kappa shape index (κ3) is 3.59. The van der Waals surface area contributed by atoms with Gasteiger partial charge in [-0.25, -0.2) is 0 Å². The van der Waals surface area contributed by atoms with Crippen LogP contribution >= 0.6 is 0 Å². The lowest BCUT2D eigenvalue weighted by molar-refractivity contribution is 0.230. The fraction of sp³-hybridized carbons (Fsp3) is 0.333. The van der Waals surface area contributed by atoms with Crippen LogP contribution in [0.2, 0.25) is 0 Å². The quantitative estimate of drug-likeness (QED) is 0.867. The Labute approximate surface area is 113 Å². The van der Waals surface area contributed by atoms with Gasteiger partial charge in [0.05, 0.1) is 13.7 Å². The summed E-state index contributed by atoms with van der Waals surface area (Å²) < 4.78 is 10.8. The van der Waals surface area contributed by atoms with E-state index in [1.807, 2.05) is 31.3 Å². The zero-order chi connectivity index (χ0) is 13.7. The highest BCUT2D eigenvalue weighted by atomic mass is 16.5. The van der Waals surface area contributed by atoms with Crippen molar-refractivity contribution in [2.45, 2.75) is 19.7 Å². The number of furan rings is 1. The van der Waals surface area contributed by atoms with Gasteiger partial charge in [0.2, 0.25) is 0 Å². The maximum absolute atomic E-state index is 8.96. The van der Waals surface area contributed by atoms with Gasteiger partial charge in [-0.05, 0) is 25.2 Å². The molecule has 0 aliphatic carbocycles. The zero-order valence-electron chi connectivity index (χ0n) is 11.3. The topological polar surface area (TPSA) is 45.8 Å². The first-order valence-electron chi connectivity index (χ1n) is 6.22. The summed E-state index contributed by atoms with van der Waals surface area (Å²) in [6, 6.07) is 11.7. The van der Waals surface area contributed by atoms with Gasteiger partial charge in [0.15, 0.2) is 0 Å². The summed E-state index contributed by atoms with van der Waals surface area (Å²) in [7, 11) is 3.70. The molecular weight excluding hydrogens is 242 g/mol. The molecule has 0 saturated carbocycles. The van der Waals surface area contributed by atoms with E-state index in [2.05, 4.69) is 11.0 Å². The molecule has 0 unspecified atom stereocenters. The van der Waals surface area contributed by atoms with E-state index in [0.29, 0.717) is 12.3 Å². The van der Waals surface area contributed by atoms with Gasteiger partial charge in [0.1, 0.15) is 23.9 Å². The Hall–Kier alpha value is -1.78. The summed E-state index contributed by atoms with van der Waals surface area (Å²) in [4.78, 5) is 2.14. The zero-order valence-corrected chi connectivity index (χ0v) is 11.3. The van der Waals surface area contributed by atoms with Gasteiger partial charge >= 0.3 is 0 Å². The second-order valence-corrected chi connectivity index (χ2v) is 4.51. The van der Waals surface area contributed by atoms with Crippen molar-refractivity contribution in [3.63, 3.8) is 0 Å². The van der Waals surface area contributed by atoms with E-state index in [1.165, 1.54) is 0 Å². The predicted octanol–water partition coefficient (Wildman–Crippen LogP) is 2.41. The third-order valence-electron chi connectivity index (χ3n) is 2.93. The Morgan fingerprint density at radius 2 is 1.84 bits per heavy atom. The van der Waals surface area contributed by atoms with Gasteiger partial charge in [-0.2, -0.15) is 0 Å². The number of methoxy groups -OCH3 is 1. The van der Waals surface area contributed by atoms with E-state index < -0.39 is 0 Å². The summed E-state index contributed by atoms with van der Waals surface area (Å²) in [5, 5.41) is 8.96. The number of nitrogens with zero attached hydrogens (tertiary/aromatic N) is 1. The predicted molar refractivity (Wildman–Crippen MR) is 72.8 cm³/mol. The van der Waals surface area contributed by atoms with Crippen molar-refractivity contribution < 1.29 is 14.3 Å². The Kier molecular flexibility index (Phi) is 4.60. The van der Waals surface area contributed by atoms with Crippen LogP contribution in [0.1, 0.15) is 17.1 Å². The van der Waals surface area contributed by atoms with Crippen molar-refractivity contribution in [2.24, 2.45) is 0 Å². The smallest absolute Gasteiger partial charge is 0.129 e. The largest absolute Gasteiger partial charge is 0.496 e. The molecule has 1 aromatic carbocycles. The number of benzene rings is 1. The molecule has 2 rings (SSSR count). The highest BCUT2D eigenvalue weighted by Gasteiger charge is 2.08. The van der Waals surface area contributed by atoms with E-state index in [-0.39, 0.29) is 6.61 Å². The molecule has 0 amide bonds. The monoisotopic (exact) mass is 261 g/mol. The van der Waals surface area contributed by atoms with Crippen LogP contribution in [0.4, 0.5) is 0 Å². The minimum atomic E-state index is -0.0593. The molecule has 0 bridgehead atoms. The molecular formula is C15H19NO3. The molecule has 1 N–H and O–H groups in total. The number of para-hydroxylation sites is 1. The summed E-state index contributed by atoms with van der Waals surface area (Å²) in [5.41, 5.74) is 1.14. The normalized spacial score (nSPS) is 10.9. The van der Waals surface area contributed by atoms with Gasteiger partial charge < -0.3 is 14.3 Å². The summed E-state index contributed by atoms with van der Waals surface area (Å²) >= 11 is 0. The van der Waals surface area contributed by atoms with E-state index in [1.54, 1.807) is 13.2 Å².